The van der Waals surface area contributed by atoms with Crippen LogP contribution in [0.15, 0.2) is 54.9 Å². The molecule has 1 aliphatic heterocycles. The number of rotatable bonds is 4. The van der Waals surface area contributed by atoms with Crippen molar-refractivity contribution in [1.29, 1.82) is 0 Å². The van der Waals surface area contributed by atoms with Crippen molar-refractivity contribution >= 4 is 44.9 Å². The van der Waals surface area contributed by atoms with Crippen LogP contribution in [0, 0.1) is 0 Å². The molecule has 0 aliphatic carbocycles. The summed E-state index contributed by atoms with van der Waals surface area (Å²) in [6, 6.07) is 13.6. The maximum absolute atomic E-state index is 11.4. The summed E-state index contributed by atoms with van der Waals surface area (Å²) in [5.74, 6) is 1.09. The largest absolute Gasteiger partial charge is 0.384 e. The number of hydrogen-bond acceptors (Lipinski definition) is 8. The molecule has 0 saturated carbocycles. The molecule has 4 aromatic rings. The number of nitrogens with zero attached hydrogens (tertiary/aromatic N) is 4. The highest BCUT2D eigenvalue weighted by molar-refractivity contribution is 7.22. The van der Waals surface area contributed by atoms with Gasteiger partial charge in [-0.05, 0) is 29.8 Å². The van der Waals surface area contributed by atoms with Crippen molar-refractivity contribution in [3.63, 3.8) is 0 Å². The summed E-state index contributed by atoms with van der Waals surface area (Å²) in [5, 5.41) is 2.83. The fraction of sp³-hybridized carbons (Fsp3) is 0.217. The first-order valence-corrected chi connectivity index (χ1v) is 11.1. The van der Waals surface area contributed by atoms with Crippen molar-refractivity contribution in [2.75, 3.05) is 35.6 Å². The summed E-state index contributed by atoms with van der Waals surface area (Å²) in [7, 11) is 0. The molecular weight excluding hydrogens is 424 g/mol. The van der Waals surface area contributed by atoms with E-state index in [1.54, 1.807) is 23.6 Å². The molecule has 3 aromatic heterocycles. The molecule has 1 unspecified atom stereocenters. The maximum Gasteiger partial charge on any atom is 0.226 e. The molecule has 8 nitrogen and oxygen atoms in total. The van der Waals surface area contributed by atoms with E-state index in [1.807, 2.05) is 36.5 Å². The third-order valence-electron chi connectivity index (χ3n) is 5.26. The van der Waals surface area contributed by atoms with Crippen molar-refractivity contribution in [3.8, 4) is 10.4 Å². The standard InChI is InChI=1S/C23H22N6O2S/c1-14(30)27-17-4-2-3-15(9-17)20-10-18-21(32-20)12-26-23(28-18)29-7-8-31-19(13-29)16-5-6-22(24)25-11-16/h2-6,9-12,19H,7-8,13H2,1H3,(H2,24,25)(H,27,30). The van der Waals surface area contributed by atoms with E-state index in [1.165, 1.54) is 6.92 Å². The van der Waals surface area contributed by atoms with Crippen LogP contribution in [-0.2, 0) is 9.53 Å². The van der Waals surface area contributed by atoms with Gasteiger partial charge in [-0.3, -0.25) is 4.79 Å². The van der Waals surface area contributed by atoms with Gasteiger partial charge >= 0.3 is 0 Å². The topological polar surface area (TPSA) is 106 Å². The first-order chi connectivity index (χ1) is 15.5. The van der Waals surface area contributed by atoms with E-state index in [0.29, 0.717) is 24.9 Å². The molecule has 1 amide bonds. The molecule has 3 N–H and O–H groups in total. The second kappa shape index (κ2) is 8.52. The number of anilines is 3. The van der Waals surface area contributed by atoms with E-state index in [-0.39, 0.29) is 12.0 Å². The normalized spacial score (nSPS) is 16.3. The zero-order valence-corrected chi connectivity index (χ0v) is 18.3. The molecular formula is C23H22N6O2S. The molecule has 9 heteroatoms. The number of pyridine rings is 1. The van der Waals surface area contributed by atoms with E-state index in [4.69, 9.17) is 15.5 Å². The lowest BCUT2D eigenvalue weighted by molar-refractivity contribution is -0.114. The van der Waals surface area contributed by atoms with Gasteiger partial charge in [-0.1, -0.05) is 18.2 Å². The molecule has 1 fully saturated rings. The Kier molecular flexibility index (Phi) is 5.42. The molecule has 1 aliphatic rings. The minimum Gasteiger partial charge on any atom is -0.384 e. The van der Waals surface area contributed by atoms with Gasteiger partial charge in [-0.15, -0.1) is 11.3 Å². The van der Waals surface area contributed by atoms with Crippen LogP contribution in [0.1, 0.15) is 18.6 Å². The number of ether oxygens (including phenoxy) is 1. The zero-order valence-electron chi connectivity index (χ0n) is 17.5. The minimum atomic E-state index is -0.106. The predicted octanol–water partition coefficient (Wildman–Crippen LogP) is 3.87. The van der Waals surface area contributed by atoms with Crippen LogP contribution in [0.25, 0.3) is 20.7 Å². The molecule has 0 spiro atoms. The van der Waals surface area contributed by atoms with Crippen molar-refractivity contribution in [2.24, 2.45) is 0 Å². The van der Waals surface area contributed by atoms with E-state index in [9.17, 15) is 4.79 Å². The highest BCUT2D eigenvalue weighted by Crippen LogP contribution is 2.34. The number of nitrogens with two attached hydrogens (primary N) is 1. The Morgan fingerprint density at radius 3 is 2.94 bits per heavy atom. The second-order valence-corrected chi connectivity index (χ2v) is 8.70. The van der Waals surface area contributed by atoms with Gasteiger partial charge < -0.3 is 20.7 Å². The average molecular weight is 447 g/mol. The lowest BCUT2D eigenvalue weighted by Gasteiger charge is -2.33. The maximum atomic E-state index is 11.4. The van der Waals surface area contributed by atoms with Crippen molar-refractivity contribution in [1.82, 2.24) is 15.0 Å². The van der Waals surface area contributed by atoms with Gasteiger partial charge in [-0.2, -0.15) is 0 Å². The van der Waals surface area contributed by atoms with Crippen molar-refractivity contribution in [2.45, 2.75) is 13.0 Å². The van der Waals surface area contributed by atoms with Gasteiger partial charge in [0.05, 0.1) is 29.6 Å². The number of carbonyl (C=O) groups excluding carboxylic acids is 1. The van der Waals surface area contributed by atoms with Crippen LogP contribution in [0.3, 0.4) is 0 Å². The van der Waals surface area contributed by atoms with E-state index >= 15 is 0 Å². The molecule has 0 radical (unpaired) electrons. The van der Waals surface area contributed by atoms with Crippen molar-refractivity contribution in [3.05, 3.63) is 60.4 Å². The molecule has 1 aromatic carbocycles. The summed E-state index contributed by atoms with van der Waals surface area (Å²) < 4.78 is 6.95. The van der Waals surface area contributed by atoms with Gasteiger partial charge in [0.15, 0.2) is 0 Å². The Hall–Kier alpha value is -3.56. The first-order valence-electron chi connectivity index (χ1n) is 10.3. The third-order valence-corrected chi connectivity index (χ3v) is 6.36. The molecule has 1 atom stereocenters. The average Bonchev–Trinajstić information content (AvgIpc) is 3.23. The number of nitrogens with one attached hydrogen (secondary N) is 1. The van der Waals surface area contributed by atoms with E-state index < -0.39 is 0 Å². The highest BCUT2D eigenvalue weighted by atomic mass is 32.1. The third kappa shape index (κ3) is 4.25. The highest BCUT2D eigenvalue weighted by Gasteiger charge is 2.24. The van der Waals surface area contributed by atoms with Crippen LogP contribution in [0.4, 0.5) is 17.5 Å². The number of fused-ring (bicyclic) bond motifs is 1. The first kappa shape index (κ1) is 20.3. The Bertz CT molecular complexity index is 1270. The molecule has 162 valence electrons. The van der Waals surface area contributed by atoms with Crippen LogP contribution in [0.5, 0.6) is 0 Å². The van der Waals surface area contributed by atoms with E-state index in [2.05, 4.69) is 26.3 Å². The lowest BCUT2D eigenvalue weighted by atomic mass is 10.1. The van der Waals surface area contributed by atoms with Gasteiger partial charge in [0.1, 0.15) is 11.9 Å². The van der Waals surface area contributed by atoms with Gasteiger partial charge in [0.2, 0.25) is 11.9 Å². The van der Waals surface area contributed by atoms with Crippen LogP contribution < -0.4 is 16.0 Å². The van der Waals surface area contributed by atoms with Crippen LogP contribution >= 0.6 is 11.3 Å². The number of morpholine rings is 1. The zero-order chi connectivity index (χ0) is 22.1. The van der Waals surface area contributed by atoms with Gasteiger partial charge in [0.25, 0.3) is 0 Å². The van der Waals surface area contributed by atoms with Crippen LogP contribution in [-0.4, -0.2) is 40.6 Å². The number of thiophene rings is 1. The smallest absolute Gasteiger partial charge is 0.226 e. The SMILES string of the molecule is CC(=O)Nc1cccc(-c2cc3nc(N4CCOC(c5ccc(N)nc5)C4)ncc3s2)c1. The number of nitrogen functional groups attached to an aromatic ring is 1. The number of carbonyl (C=O) groups is 1. The Labute approximate surface area is 189 Å². The molecule has 1 saturated heterocycles. The van der Waals surface area contributed by atoms with Gasteiger partial charge in [0, 0.05) is 35.8 Å². The van der Waals surface area contributed by atoms with E-state index in [0.717, 1.165) is 38.5 Å². The summed E-state index contributed by atoms with van der Waals surface area (Å²) in [5.41, 5.74) is 9.39. The number of benzene rings is 1. The fourth-order valence-electron chi connectivity index (χ4n) is 3.72. The second-order valence-electron chi connectivity index (χ2n) is 7.61. The van der Waals surface area contributed by atoms with Crippen LogP contribution in [0.2, 0.25) is 0 Å². The number of amides is 1. The Balaban J connectivity index is 1.39. The molecule has 5 rings (SSSR count). The van der Waals surface area contributed by atoms with Crippen molar-refractivity contribution < 1.29 is 9.53 Å². The summed E-state index contributed by atoms with van der Waals surface area (Å²) in [6.45, 7) is 3.46. The number of hydrogen-bond donors (Lipinski definition) is 2. The lowest BCUT2D eigenvalue weighted by Crippen LogP contribution is -2.39. The molecule has 4 heterocycles. The number of aromatic nitrogens is 3. The molecule has 32 heavy (non-hydrogen) atoms. The minimum absolute atomic E-state index is 0.0902. The quantitative estimate of drug-likeness (QED) is 0.490. The predicted molar refractivity (Wildman–Crippen MR) is 127 cm³/mol. The monoisotopic (exact) mass is 446 g/mol. The summed E-state index contributed by atoms with van der Waals surface area (Å²) >= 11 is 1.63. The fourth-order valence-corrected chi connectivity index (χ4v) is 4.68. The van der Waals surface area contributed by atoms with Gasteiger partial charge in [-0.25, -0.2) is 15.0 Å². The Morgan fingerprint density at radius 2 is 2.12 bits per heavy atom. The molecule has 0 bridgehead atoms. The summed E-state index contributed by atoms with van der Waals surface area (Å²) in [4.78, 5) is 28.2. The Morgan fingerprint density at radius 1 is 1.22 bits per heavy atom. The summed E-state index contributed by atoms with van der Waals surface area (Å²) in [6.07, 6.45) is 3.53.